The number of aryl methyl sites for hydroxylation is 1. The first kappa shape index (κ1) is 17.9. The topological polar surface area (TPSA) is 86.7 Å². The van der Waals surface area contributed by atoms with E-state index in [1.54, 1.807) is 4.90 Å². The minimum atomic E-state index is -1.01. The number of likely N-dealkylation sites (tertiary alicyclic amines) is 1. The Hall–Kier alpha value is -1.89. The van der Waals surface area contributed by atoms with Gasteiger partial charge in [-0.15, -0.1) is 11.3 Å². The molecule has 6 nitrogen and oxygen atoms in total. The summed E-state index contributed by atoms with van der Waals surface area (Å²) in [4.78, 5) is 39.2. The van der Waals surface area contributed by atoms with Crippen LogP contribution in [0.15, 0.2) is 0 Å². The number of piperidine rings is 1. The predicted molar refractivity (Wildman–Crippen MR) is 96.1 cm³/mol. The number of carboxylic acid groups (broad SMARTS) is 1. The van der Waals surface area contributed by atoms with Crippen molar-refractivity contribution in [3.05, 3.63) is 16.0 Å². The van der Waals surface area contributed by atoms with E-state index in [0.717, 1.165) is 42.7 Å². The molecule has 2 aliphatic rings. The van der Waals surface area contributed by atoms with Crippen LogP contribution in [-0.4, -0.2) is 40.9 Å². The molecular weight excluding hydrogens is 340 g/mol. The van der Waals surface area contributed by atoms with Crippen molar-refractivity contribution in [2.45, 2.75) is 46.0 Å². The molecule has 1 atom stereocenters. The maximum atomic E-state index is 12.7. The van der Waals surface area contributed by atoms with Gasteiger partial charge in [0.2, 0.25) is 11.8 Å². The fraction of sp³-hybridized carbons (Fsp3) is 0.611. The van der Waals surface area contributed by atoms with Crippen molar-refractivity contribution < 1.29 is 19.5 Å². The zero-order valence-electron chi connectivity index (χ0n) is 14.6. The smallest absolute Gasteiger partial charge is 0.339 e. The molecule has 2 fully saturated rings. The second-order valence-corrected chi connectivity index (χ2v) is 8.11. The van der Waals surface area contributed by atoms with Crippen molar-refractivity contribution in [3.8, 4) is 0 Å². The average molecular weight is 364 g/mol. The molecule has 136 valence electrons. The number of aromatic carboxylic acids is 1. The Morgan fingerprint density at radius 3 is 2.56 bits per heavy atom. The average Bonchev–Trinajstić information content (AvgIpc) is 3.38. The number of nitrogens with zero attached hydrogens (tertiary/aromatic N) is 1. The van der Waals surface area contributed by atoms with E-state index >= 15 is 0 Å². The molecule has 7 heteroatoms. The molecule has 1 unspecified atom stereocenters. The predicted octanol–water partition coefficient (Wildman–Crippen LogP) is 2.90. The van der Waals surface area contributed by atoms with Crippen molar-refractivity contribution >= 4 is 34.1 Å². The largest absolute Gasteiger partial charge is 0.478 e. The van der Waals surface area contributed by atoms with E-state index in [9.17, 15) is 19.5 Å². The van der Waals surface area contributed by atoms with Crippen LogP contribution in [0.3, 0.4) is 0 Å². The third kappa shape index (κ3) is 3.71. The fourth-order valence-electron chi connectivity index (χ4n) is 3.51. The number of carboxylic acids is 1. The van der Waals surface area contributed by atoms with Crippen molar-refractivity contribution in [2.24, 2.45) is 11.8 Å². The van der Waals surface area contributed by atoms with E-state index < -0.39 is 5.97 Å². The van der Waals surface area contributed by atoms with Gasteiger partial charge in [-0.05, 0) is 44.6 Å². The zero-order chi connectivity index (χ0) is 18.1. The molecule has 0 radical (unpaired) electrons. The molecule has 2 amide bonds. The summed E-state index contributed by atoms with van der Waals surface area (Å²) >= 11 is 1.31. The molecule has 1 saturated heterocycles. The Morgan fingerprint density at radius 2 is 1.96 bits per heavy atom. The van der Waals surface area contributed by atoms with Gasteiger partial charge in [0.15, 0.2) is 0 Å². The summed E-state index contributed by atoms with van der Waals surface area (Å²) in [5.41, 5.74) is 0.988. The van der Waals surface area contributed by atoms with E-state index in [-0.39, 0.29) is 29.2 Å². The van der Waals surface area contributed by atoms with E-state index in [2.05, 4.69) is 5.32 Å². The molecule has 0 spiro atoms. The molecular formula is C18H24N2O4S. The summed E-state index contributed by atoms with van der Waals surface area (Å²) in [5.74, 6) is -1.13. The molecule has 1 aromatic rings. The van der Waals surface area contributed by atoms with E-state index in [4.69, 9.17) is 0 Å². The van der Waals surface area contributed by atoms with Gasteiger partial charge in [-0.25, -0.2) is 4.79 Å². The zero-order valence-corrected chi connectivity index (χ0v) is 15.4. The van der Waals surface area contributed by atoms with Gasteiger partial charge in [-0.1, -0.05) is 6.92 Å². The Bertz CT molecular complexity index is 708. The van der Waals surface area contributed by atoms with Crippen LogP contribution in [0.25, 0.3) is 0 Å². The number of anilines is 1. The summed E-state index contributed by atoms with van der Waals surface area (Å²) < 4.78 is 0. The van der Waals surface area contributed by atoms with Gasteiger partial charge in [0.25, 0.3) is 0 Å². The van der Waals surface area contributed by atoms with Crippen molar-refractivity contribution in [1.82, 2.24) is 4.90 Å². The van der Waals surface area contributed by atoms with Gasteiger partial charge in [0.05, 0.1) is 11.5 Å². The fourth-order valence-corrected chi connectivity index (χ4v) is 4.65. The standard InChI is InChI=1S/C18H24N2O4S/c1-3-13-10(2)25-16(14(13)18(23)24)19-15(21)12-5-4-8-20(9-12)17(22)11-6-7-11/h11-12H,3-9H2,1-2H3,(H,19,21)(H,23,24). The summed E-state index contributed by atoms with van der Waals surface area (Å²) in [6, 6.07) is 0. The summed E-state index contributed by atoms with van der Waals surface area (Å²) in [5, 5.41) is 12.7. The number of carbonyl (C=O) groups excluding carboxylic acids is 2. The maximum absolute atomic E-state index is 12.7. The lowest BCUT2D eigenvalue weighted by atomic mass is 9.96. The lowest BCUT2D eigenvalue weighted by Crippen LogP contribution is -2.44. The number of hydrogen-bond acceptors (Lipinski definition) is 4. The molecule has 1 saturated carbocycles. The molecule has 1 aliphatic carbocycles. The van der Waals surface area contributed by atoms with Crippen LogP contribution in [0.2, 0.25) is 0 Å². The minimum absolute atomic E-state index is 0.160. The van der Waals surface area contributed by atoms with Gasteiger partial charge in [0, 0.05) is 23.9 Å². The summed E-state index contributed by atoms with van der Waals surface area (Å²) in [6.45, 7) is 4.95. The first-order chi connectivity index (χ1) is 11.9. The molecule has 1 aromatic heterocycles. The third-order valence-corrected chi connectivity index (χ3v) is 6.11. The lowest BCUT2D eigenvalue weighted by Gasteiger charge is -2.32. The molecule has 0 aromatic carbocycles. The van der Waals surface area contributed by atoms with Crippen LogP contribution in [0.5, 0.6) is 0 Å². The molecule has 0 bridgehead atoms. The number of carbonyl (C=O) groups is 3. The van der Waals surface area contributed by atoms with E-state index in [1.165, 1.54) is 11.3 Å². The highest BCUT2D eigenvalue weighted by Crippen LogP contribution is 2.35. The van der Waals surface area contributed by atoms with Gasteiger partial charge >= 0.3 is 5.97 Å². The minimum Gasteiger partial charge on any atom is -0.478 e. The highest BCUT2D eigenvalue weighted by molar-refractivity contribution is 7.16. The van der Waals surface area contributed by atoms with Gasteiger partial charge < -0.3 is 15.3 Å². The number of amides is 2. The Labute approximate surface area is 151 Å². The van der Waals surface area contributed by atoms with Crippen molar-refractivity contribution in [3.63, 3.8) is 0 Å². The highest BCUT2D eigenvalue weighted by atomic mass is 32.1. The van der Waals surface area contributed by atoms with Crippen molar-refractivity contribution in [2.75, 3.05) is 18.4 Å². The summed E-state index contributed by atoms with van der Waals surface area (Å²) in [6.07, 6.45) is 4.08. The Balaban J connectivity index is 1.71. The monoisotopic (exact) mass is 364 g/mol. The van der Waals surface area contributed by atoms with Crippen LogP contribution in [0.4, 0.5) is 5.00 Å². The van der Waals surface area contributed by atoms with Gasteiger partial charge in [0.1, 0.15) is 5.00 Å². The quantitative estimate of drug-likeness (QED) is 0.841. The first-order valence-corrected chi connectivity index (χ1v) is 9.69. The SMILES string of the molecule is CCc1c(C)sc(NC(=O)C2CCCN(C(=O)C3CC3)C2)c1C(=O)O. The van der Waals surface area contributed by atoms with E-state index in [0.29, 0.717) is 18.0 Å². The first-order valence-electron chi connectivity index (χ1n) is 8.87. The van der Waals surface area contributed by atoms with Gasteiger partial charge in [-0.2, -0.15) is 0 Å². The van der Waals surface area contributed by atoms with E-state index in [1.807, 2.05) is 13.8 Å². The highest BCUT2D eigenvalue weighted by Gasteiger charge is 2.37. The van der Waals surface area contributed by atoms with Crippen LogP contribution in [0, 0.1) is 18.8 Å². The van der Waals surface area contributed by atoms with Crippen LogP contribution in [0.1, 0.15) is 53.4 Å². The Kier molecular flexibility index (Phi) is 5.13. The Morgan fingerprint density at radius 1 is 1.24 bits per heavy atom. The molecule has 1 aliphatic heterocycles. The molecule has 2 heterocycles. The normalized spacial score (nSPS) is 20.4. The molecule has 2 N–H and O–H groups in total. The van der Waals surface area contributed by atoms with Crippen LogP contribution >= 0.6 is 11.3 Å². The van der Waals surface area contributed by atoms with Gasteiger partial charge in [-0.3, -0.25) is 9.59 Å². The number of hydrogen-bond donors (Lipinski definition) is 2. The summed E-state index contributed by atoms with van der Waals surface area (Å²) in [7, 11) is 0. The number of nitrogens with one attached hydrogen (secondary N) is 1. The maximum Gasteiger partial charge on any atom is 0.339 e. The van der Waals surface area contributed by atoms with Crippen molar-refractivity contribution in [1.29, 1.82) is 0 Å². The molecule has 25 heavy (non-hydrogen) atoms. The van der Waals surface area contributed by atoms with Crippen LogP contribution < -0.4 is 5.32 Å². The number of thiophene rings is 1. The van der Waals surface area contributed by atoms with Crippen LogP contribution in [-0.2, 0) is 16.0 Å². The number of rotatable bonds is 5. The second kappa shape index (κ2) is 7.15. The third-order valence-electron chi connectivity index (χ3n) is 5.04. The molecule has 3 rings (SSSR count). The second-order valence-electron chi connectivity index (χ2n) is 6.89. The lowest BCUT2D eigenvalue weighted by molar-refractivity contribution is -0.135.